The number of hydrogen-bond donors (Lipinski definition) is 1. The Kier molecular flexibility index (Phi) is 5.13. The third-order valence-electron chi connectivity index (χ3n) is 4.66. The number of alkyl halides is 3. The predicted octanol–water partition coefficient (Wildman–Crippen LogP) is 4.86. The van der Waals surface area contributed by atoms with Gasteiger partial charge in [-0.3, -0.25) is 14.3 Å². The summed E-state index contributed by atoms with van der Waals surface area (Å²) in [5, 5.41) is -1.02. The smallest absolute Gasteiger partial charge is 0.417 e. The number of H-pyrrole nitrogens is 1. The van der Waals surface area contributed by atoms with Crippen LogP contribution in [0, 0.1) is 11.6 Å². The van der Waals surface area contributed by atoms with Gasteiger partial charge in [0.05, 0.1) is 40.6 Å². The fourth-order valence-electron chi connectivity index (χ4n) is 3.29. The molecule has 0 spiro atoms. The molecule has 0 aliphatic carbocycles. The van der Waals surface area contributed by atoms with Gasteiger partial charge in [0.25, 0.3) is 5.56 Å². The van der Waals surface area contributed by atoms with Gasteiger partial charge in [0.15, 0.2) is 0 Å². The first-order valence-corrected chi connectivity index (χ1v) is 9.84. The van der Waals surface area contributed by atoms with Crippen LogP contribution in [0.4, 0.5) is 22.0 Å². The number of hydrogen-bond acceptors (Lipinski definition) is 4. The second kappa shape index (κ2) is 7.41. The summed E-state index contributed by atoms with van der Waals surface area (Å²) in [4.78, 5) is 26.5. The van der Waals surface area contributed by atoms with Gasteiger partial charge in [0, 0.05) is 22.1 Å². The number of benzene rings is 2. The highest BCUT2D eigenvalue weighted by molar-refractivity contribution is 7.99. The van der Waals surface area contributed by atoms with E-state index in [1.165, 1.54) is 13.3 Å². The van der Waals surface area contributed by atoms with Gasteiger partial charge in [-0.25, -0.2) is 13.6 Å². The van der Waals surface area contributed by atoms with Crippen molar-refractivity contribution in [3.8, 4) is 11.1 Å². The number of aromatic amines is 1. The number of aromatic nitrogens is 2. The maximum absolute atomic E-state index is 14.7. The number of methoxy groups -OCH3 is 1. The average Bonchev–Trinajstić information content (AvgIpc) is 2.88. The molecule has 2 aromatic carbocycles. The summed E-state index contributed by atoms with van der Waals surface area (Å²) in [6, 6.07) is 1.65. The second-order valence-electron chi connectivity index (χ2n) is 6.49. The monoisotopic (exact) mass is 476 g/mol. The van der Waals surface area contributed by atoms with E-state index in [0.29, 0.717) is 12.1 Å². The molecule has 0 radical (unpaired) electrons. The Morgan fingerprint density at radius 3 is 2.52 bits per heavy atom. The lowest BCUT2D eigenvalue weighted by molar-refractivity contribution is -0.137. The van der Waals surface area contributed by atoms with Crippen molar-refractivity contribution in [3.05, 3.63) is 67.0 Å². The Morgan fingerprint density at radius 2 is 1.87 bits per heavy atom. The normalized spacial score (nSPS) is 13.8. The SMILES string of the molecule is COC1=Cn2c(=O)[nH]c(=O)c3cc(C(F)(F)F)c(-c4cc(Cl)c(F)cc4F)c(c32)SC1. The van der Waals surface area contributed by atoms with Crippen molar-refractivity contribution in [1.82, 2.24) is 9.55 Å². The van der Waals surface area contributed by atoms with Crippen molar-refractivity contribution in [2.75, 3.05) is 12.9 Å². The van der Waals surface area contributed by atoms with Crippen LogP contribution in [0.3, 0.4) is 0 Å². The fraction of sp³-hybridized carbons (Fsp3) is 0.158. The van der Waals surface area contributed by atoms with Gasteiger partial charge in [-0.2, -0.15) is 13.2 Å². The molecule has 2 heterocycles. The van der Waals surface area contributed by atoms with Crippen molar-refractivity contribution in [3.63, 3.8) is 0 Å². The summed E-state index contributed by atoms with van der Waals surface area (Å²) < 4.78 is 76.4. The van der Waals surface area contributed by atoms with Crippen molar-refractivity contribution >= 4 is 40.5 Å². The number of thioether (sulfide) groups is 1. The minimum atomic E-state index is -5.01. The molecule has 3 aromatic rings. The Morgan fingerprint density at radius 1 is 1.16 bits per heavy atom. The molecular formula is C19H10ClF5N2O3S. The molecule has 12 heteroatoms. The van der Waals surface area contributed by atoms with E-state index in [2.05, 4.69) is 0 Å². The molecule has 0 bridgehead atoms. The highest BCUT2D eigenvalue weighted by Crippen LogP contribution is 2.47. The maximum Gasteiger partial charge on any atom is 0.417 e. The van der Waals surface area contributed by atoms with Crippen molar-refractivity contribution in [2.45, 2.75) is 11.1 Å². The summed E-state index contributed by atoms with van der Waals surface area (Å²) in [6.45, 7) is 0. The Balaban J connectivity index is 2.27. The first kappa shape index (κ1) is 21.4. The van der Waals surface area contributed by atoms with Crippen molar-refractivity contribution in [1.29, 1.82) is 0 Å². The molecule has 0 atom stereocenters. The van der Waals surface area contributed by atoms with Crippen LogP contribution >= 0.6 is 23.4 Å². The number of nitrogens with zero attached hydrogens (tertiary/aromatic N) is 1. The fourth-order valence-corrected chi connectivity index (χ4v) is 4.64. The van der Waals surface area contributed by atoms with E-state index in [1.807, 2.05) is 4.98 Å². The zero-order chi connectivity index (χ0) is 22.7. The molecule has 162 valence electrons. The van der Waals surface area contributed by atoms with E-state index < -0.39 is 56.2 Å². The van der Waals surface area contributed by atoms with Crippen molar-refractivity contribution < 1.29 is 26.7 Å². The largest absolute Gasteiger partial charge is 0.499 e. The lowest BCUT2D eigenvalue weighted by Gasteiger charge is -2.20. The number of ether oxygens (including phenoxy) is 1. The number of halogens is 6. The van der Waals surface area contributed by atoms with Crippen LogP contribution in [0.5, 0.6) is 0 Å². The summed E-state index contributed by atoms with van der Waals surface area (Å²) in [5.74, 6) is -2.24. The third-order valence-corrected chi connectivity index (χ3v) is 6.06. The van der Waals surface area contributed by atoms with Crippen LogP contribution < -0.4 is 11.2 Å². The lowest BCUT2D eigenvalue weighted by Crippen LogP contribution is -2.28. The summed E-state index contributed by atoms with van der Waals surface area (Å²) in [7, 11) is 1.30. The van der Waals surface area contributed by atoms with E-state index in [4.69, 9.17) is 16.3 Å². The van der Waals surface area contributed by atoms with Crippen LogP contribution in [0.1, 0.15) is 5.56 Å². The van der Waals surface area contributed by atoms with E-state index in [1.54, 1.807) is 0 Å². The van der Waals surface area contributed by atoms with Crippen LogP contribution in [0.15, 0.2) is 38.4 Å². The molecule has 0 amide bonds. The molecule has 0 unspecified atom stereocenters. The predicted molar refractivity (Wildman–Crippen MR) is 106 cm³/mol. The van der Waals surface area contributed by atoms with E-state index in [-0.39, 0.29) is 21.9 Å². The molecular weight excluding hydrogens is 467 g/mol. The van der Waals surface area contributed by atoms with E-state index in [0.717, 1.165) is 22.4 Å². The van der Waals surface area contributed by atoms with Crippen molar-refractivity contribution in [2.24, 2.45) is 0 Å². The van der Waals surface area contributed by atoms with E-state index >= 15 is 0 Å². The highest BCUT2D eigenvalue weighted by Gasteiger charge is 2.38. The lowest BCUT2D eigenvalue weighted by atomic mass is 9.96. The van der Waals surface area contributed by atoms with Gasteiger partial charge in [-0.05, 0) is 12.1 Å². The summed E-state index contributed by atoms with van der Waals surface area (Å²) in [6.07, 6.45) is -3.78. The molecule has 1 aliphatic heterocycles. The molecule has 1 N–H and O–H groups in total. The second-order valence-corrected chi connectivity index (χ2v) is 7.88. The molecule has 0 saturated heterocycles. The standard InChI is InChI=1S/C19H10ClF5N2O3S/c1-30-7-5-27-15-9(17(28)26-18(27)29)2-10(19(23,24)25)14(16(15)31-6-7)8-3-11(20)13(22)4-12(8)21/h2-5H,6H2,1H3,(H,26,28,29). The molecule has 0 saturated carbocycles. The van der Waals surface area contributed by atoms with Gasteiger partial charge in [-0.1, -0.05) is 11.6 Å². The molecule has 5 nitrogen and oxygen atoms in total. The average molecular weight is 477 g/mol. The molecule has 1 aromatic heterocycles. The first-order chi connectivity index (χ1) is 14.5. The van der Waals surface area contributed by atoms with Gasteiger partial charge >= 0.3 is 11.9 Å². The Bertz CT molecular complexity index is 1390. The van der Waals surface area contributed by atoms with Crippen LogP contribution in [0.2, 0.25) is 5.02 Å². The molecule has 1 aliphatic rings. The minimum Gasteiger partial charge on any atom is -0.499 e. The highest BCUT2D eigenvalue weighted by atomic mass is 35.5. The first-order valence-electron chi connectivity index (χ1n) is 8.48. The topological polar surface area (TPSA) is 64.1 Å². The van der Waals surface area contributed by atoms with Crippen LogP contribution in [0.25, 0.3) is 28.2 Å². The summed E-state index contributed by atoms with van der Waals surface area (Å²) in [5.41, 5.74) is -4.73. The van der Waals surface area contributed by atoms with Gasteiger partial charge < -0.3 is 4.74 Å². The van der Waals surface area contributed by atoms with Crippen LogP contribution in [-0.4, -0.2) is 22.4 Å². The molecule has 0 fully saturated rings. The molecule has 4 rings (SSSR count). The third kappa shape index (κ3) is 3.51. The number of rotatable bonds is 2. The Hall–Kier alpha value is -2.79. The van der Waals surface area contributed by atoms with Gasteiger partial charge in [0.1, 0.15) is 17.4 Å². The number of nitrogens with one attached hydrogen (secondary N) is 1. The minimum absolute atomic E-state index is 0.0221. The zero-order valence-electron chi connectivity index (χ0n) is 15.4. The molecule has 31 heavy (non-hydrogen) atoms. The zero-order valence-corrected chi connectivity index (χ0v) is 16.9. The van der Waals surface area contributed by atoms with E-state index in [9.17, 15) is 31.5 Å². The van der Waals surface area contributed by atoms with Crippen LogP contribution in [-0.2, 0) is 10.9 Å². The van der Waals surface area contributed by atoms with Gasteiger partial charge in [0.2, 0.25) is 0 Å². The maximum atomic E-state index is 14.7. The Labute approximate surface area is 179 Å². The summed E-state index contributed by atoms with van der Waals surface area (Å²) >= 11 is 6.53. The quantitative estimate of drug-likeness (QED) is 0.424. The van der Waals surface area contributed by atoms with Gasteiger partial charge in [-0.15, -0.1) is 11.8 Å².